The molecule has 9 nitrogen and oxygen atoms in total. The van der Waals surface area contributed by atoms with E-state index < -0.39 is 11.8 Å². The Morgan fingerprint density at radius 2 is 1.63 bits per heavy atom. The fourth-order valence-corrected chi connectivity index (χ4v) is 4.35. The van der Waals surface area contributed by atoms with Crippen LogP contribution in [-0.4, -0.2) is 45.0 Å². The molecule has 0 unspecified atom stereocenters. The van der Waals surface area contributed by atoms with Crippen molar-refractivity contribution in [2.75, 3.05) is 21.3 Å². The van der Waals surface area contributed by atoms with Gasteiger partial charge < -0.3 is 24.8 Å². The van der Waals surface area contributed by atoms with Gasteiger partial charge in [0, 0.05) is 22.7 Å². The fraction of sp³-hybridized carbons (Fsp3) is 0.308. The molecule has 2 aromatic carbocycles. The molecule has 2 aromatic rings. The predicted molar refractivity (Wildman–Crippen MR) is 129 cm³/mol. The molecule has 0 radical (unpaired) electrons. The number of fused-ring (bicyclic) bond motifs is 1. The van der Waals surface area contributed by atoms with Gasteiger partial charge in [0.05, 0.1) is 27.0 Å². The average Bonchev–Trinajstić information content (AvgIpc) is 3.52. The van der Waals surface area contributed by atoms with Crippen LogP contribution in [0, 0.1) is 11.3 Å². The lowest BCUT2D eigenvalue weighted by Gasteiger charge is -2.14. The molecule has 2 N–H and O–H groups in total. The first-order chi connectivity index (χ1) is 17.0. The molecule has 1 heterocycles. The van der Waals surface area contributed by atoms with E-state index in [0.717, 1.165) is 25.7 Å². The first-order valence-electron chi connectivity index (χ1n) is 11.3. The second-order valence-electron chi connectivity index (χ2n) is 8.16. The normalized spacial score (nSPS) is 16.0. The van der Waals surface area contributed by atoms with Gasteiger partial charge in [0.15, 0.2) is 11.5 Å². The van der Waals surface area contributed by atoms with E-state index in [4.69, 9.17) is 14.2 Å². The number of hydrogen-bond donors (Lipinski definition) is 2. The summed E-state index contributed by atoms with van der Waals surface area (Å²) in [5, 5.41) is 15.5. The van der Waals surface area contributed by atoms with Gasteiger partial charge in [0.2, 0.25) is 5.75 Å². The number of aliphatic imine (C=N–C) groups is 1. The Labute approximate surface area is 203 Å². The van der Waals surface area contributed by atoms with Gasteiger partial charge >= 0.3 is 0 Å². The van der Waals surface area contributed by atoms with Crippen LogP contribution in [0.25, 0.3) is 5.70 Å². The van der Waals surface area contributed by atoms with E-state index in [1.54, 1.807) is 24.3 Å². The monoisotopic (exact) mass is 474 g/mol. The summed E-state index contributed by atoms with van der Waals surface area (Å²) in [5.41, 5.74) is 1.63. The van der Waals surface area contributed by atoms with Crippen molar-refractivity contribution < 1.29 is 23.8 Å². The molecule has 2 amide bonds. The van der Waals surface area contributed by atoms with Gasteiger partial charge in [-0.1, -0.05) is 37.1 Å². The van der Waals surface area contributed by atoms with Gasteiger partial charge in [-0.3, -0.25) is 9.59 Å². The number of nitriles is 1. The van der Waals surface area contributed by atoms with E-state index in [-0.39, 0.29) is 28.7 Å². The highest BCUT2D eigenvalue weighted by Crippen LogP contribution is 2.38. The molecule has 0 spiro atoms. The molecular weight excluding hydrogens is 448 g/mol. The molecule has 0 bridgehead atoms. The zero-order valence-electron chi connectivity index (χ0n) is 19.8. The van der Waals surface area contributed by atoms with Crippen LogP contribution in [0.2, 0.25) is 0 Å². The summed E-state index contributed by atoms with van der Waals surface area (Å²) in [7, 11) is 4.41. The van der Waals surface area contributed by atoms with Crippen LogP contribution in [0.4, 0.5) is 0 Å². The number of methoxy groups -OCH3 is 3. The Kier molecular flexibility index (Phi) is 7.01. The molecule has 0 saturated heterocycles. The Morgan fingerprint density at radius 3 is 2.20 bits per heavy atom. The number of amides is 2. The number of hydrogen-bond acceptors (Lipinski definition) is 7. The van der Waals surface area contributed by atoms with E-state index in [0.29, 0.717) is 28.4 Å². The minimum Gasteiger partial charge on any atom is -0.493 e. The van der Waals surface area contributed by atoms with Gasteiger partial charge in [-0.25, -0.2) is 4.99 Å². The molecule has 180 valence electrons. The molecule has 1 aliphatic heterocycles. The van der Waals surface area contributed by atoms with E-state index in [9.17, 15) is 14.9 Å². The molecule has 9 heteroatoms. The third-order valence-corrected chi connectivity index (χ3v) is 6.09. The molecule has 35 heavy (non-hydrogen) atoms. The van der Waals surface area contributed by atoms with Gasteiger partial charge in [0.25, 0.3) is 11.8 Å². The zero-order valence-corrected chi connectivity index (χ0v) is 19.8. The molecule has 4 rings (SSSR count). The lowest BCUT2D eigenvalue weighted by Crippen LogP contribution is -2.33. The molecular formula is C26H26N4O5. The number of nitrogens with one attached hydrogen (secondary N) is 2. The standard InChI is InChI=1S/C26H26N4O5/c1-33-20-12-15(13-21(34-2)23(20)35-3)25(31)30-24-18-11-7-6-10-17(18)22(29-24)19(14-27)26(32)28-16-8-4-5-9-16/h6-7,10-13,16H,4-5,8-9H2,1-3H3,(H,28,32)(H,29,30,31)/b22-19-. The molecule has 1 aliphatic carbocycles. The summed E-state index contributed by atoms with van der Waals surface area (Å²) in [6, 6.07) is 12.3. The van der Waals surface area contributed by atoms with Crippen molar-refractivity contribution in [3.63, 3.8) is 0 Å². The van der Waals surface area contributed by atoms with Crippen LogP contribution in [0.5, 0.6) is 17.2 Å². The number of amidine groups is 1. The number of nitrogens with zero attached hydrogens (tertiary/aromatic N) is 2. The minimum atomic E-state index is -0.465. The van der Waals surface area contributed by atoms with Gasteiger partial charge in [-0.05, 0) is 25.0 Å². The van der Waals surface area contributed by atoms with Crippen molar-refractivity contribution in [3.05, 3.63) is 58.7 Å². The second kappa shape index (κ2) is 10.3. The van der Waals surface area contributed by atoms with Gasteiger partial charge in [-0.15, -0.1) is 0 Å². The van der Waals surface area contributed by atoms with E-state index in [2.05, 4.69) is 15.6 Å². The van der Waals surface area contributed by atoms with Gasteiger partial charge in [0.1, 0.15) is 17.5 Å². The van der Waals surface area contributed by atoms with E-state index in [1.165, 1.54) is 33.5 Å². The van der Waals surface area contributed by atoms with Crippen LogP contribution in [0.3, 0.4) is 0 Å². The van der Waals surface area contributed by atoms with Crippen LogP contribution >= 0.6 is 0 Å². The molecule has 1 saturated carbocycles. The molecule has 1 fully saturated rings. The smallest absolute Gasteiger partial charge is 0.264 e. The fourth-order valence-electron chi connectivity index (χ4n) is 4.35. The molecule has 0 atom stereocenters. The highest BCUT2D eigenvalue weighted by molar-refractivity contribution is 6.20. The highest BCUT2D eigenvalue weighted by Gasteiger charge is 2.29. The van der Waals surface area contributed by atoms with Crippen molar-refractivity contribution in [3.8, 4) is 23.3 Å². The van der Waals surface area contributed by atoms with Crippen LogP contribution < -0.4 is 24.8 Å². The number of carbonyl (C=O) groups excluding carboxylic acids is 2. The number of benzene rings is 2. The number of rotatable bonds is 6. The maximum atomic E-state index is 13.2. The van der Waals surface area contributed by atoms with Crippen LogP contribution in [0.15, 0.2) is 47.0 Å². The number of ether oxygens (including phenoxy) is 3. The van der Waals surface area contributed by atoms with Crippen LogP contribution in [0.1, 0.15) is 47.2 Å². The topological polar surface area (TPSA) is 122 Å². The number of carbonyl (C=O) groups is 2. The third kappa shape index (κ3) is 4.68. The van der Waals surface area contributed by atoms with E-state index >= 15 is 0 Å². The SMILES string of the molecule is COc1cc(C(=O)NC2=N/C(=C(/C#N)C(=O)NC3CCCC3)c3ccccc32)cc(OC)c1OC. The molecule has 0 aromatic heterocycles. The summed E-state index contributed by atoms with van der Waals surface area (Å²) >= 11 is 0. The summed E-state index contributed by atoms with van der Waals surface area (Å²) in [4.78, 5) is 30.5. The molecule has 2 aliphatic rings. The van der Waals surface area contributed by atoms with Crippen molar-refractivity contribution in [1.29, 1.82) is 5.26 Å². The van der Waals surface area contributed by atoms with Crippen molar-refractivity contribution in [2.24, 2.45) is 4.99 Å². The zero-order chi connectivity index (χ0) is 24.9. The average molecular weight is 475 g/mol. The largest absolute Gasteiger partial charge is 0.493 e. The van der Waals surface area contributed by atoms with Crippen molar-refractivity contribution >= 4 is 23.3 Å². The maximum Gasteiger partial charge on any atom is 0.264 e. The summed E-state index contributed by atoms with van der Waals surface area (Å²) in [6.45, 7) is 0. The Balaban J connectivity index is 1.68. The lowest BCUT2D eigenvalue weighted by atomic mass is 10.0. The quantitative estimate of drug-likeness (QED) is 0.490. The Bertz CT molecular complexity index is 1240. The first-order valence-corrected chi connectivity index (χ1v) is 11.3. The maximum absolute atomic E-state index is 13.2. The Morgan fingerprint density at radius 1 is 1.00 bits per heavy atom. The summed E-state index contributed by atoms with van der Waals surface area (Å²) < 4.78 is 16.0. The van der Waals surface area contributed by atoms with E-state index in [1.807, 2.05) is 6.07 Å². The lowest BCUT2D eigenvalue weighted by molar-refractivity contribution is -0.117. The summed E-state index contributed by atoms with van der Waals surface area (Å²) in [5.74, 6) is 0.365. The highest BCUT2D eigenvalue weighted by atomic mass is 16.5. The third-order valence-electron chi connectivity index (χ3n) is 6.09. The Hall–Kier alpha value is -4.32. The van der Waals surface area contributed by atoms with Crippen molar-refractivity contribution in [2.45, 2.75) is 31.7 Å². The predicted octanol–water partition coefficient (Wildman–Crippen LogP) is 3.20. The minimum absolute atomic E-state index is 0.0614. The summed E-state index contributed by atoms with van der Waals surface area (Å²) in [6.07, 6.45) is 3.91. The van der Waals surface area contributed by atoms with Crippen LogP contribution in [-0.2, 0) is 4.79 Å². The first kappa shape index (κ1) is 23.8. The van der Waals surface area contributed by atoms with Gasteiger partial charge in [-0.2, -0.15) is 5.26 Å². The second-order valence-corrected chi connectivity index (χ2v) is 8.16. The van der Waals surface area contributed by atoms with Crippen molar-refractivity contribution in [1.82, 2.24) is 10.6 Å².